The fourth-order valence-electron chi connectivity index (χ4n) is 2.22. The molecule has 0 aliphatic heterocycles. The van der Waals surface area contributed by atoms with Gasteiger partial charge in [0.15, 0.2) is 0 Å². The van der Waals surface area contributed by atoms with Crippen molar-refractivity contribution < 1.29 is 4.79 Å². The van der Waals surface area contributed by atoms with Gasteiger partial charge in [-0.05, 0) is 31.0 Å². The quantitative estimate of drug-likeness (QED) is 0.849. The van der Waals surface area contributed by atoms with Gasteiger partial charge in [0.05, 0.1) is 0 Å². The van der Waals surface area contributed by atoms with Crippen molar-refractivity contribution >= 4 is 17.5 Å². The summed E-state index contributed by atoms with van der Waals surface area (Å²) in [7, 11) is 0. The molecule has 0 heterocycles. The van der Waals surface area contributed by atoms with E-state index in [0.717, 1.165) is 25.7 Å². The van der Waals surface area contributed by atoms with E-state index in [1.807, 2.05) is 0 Å². The number of nitrogens with one attached hydrogen (secondary N) is 1. The summed E-state index contributed by atoms with van der Waals surface area (Å²) in [5.41, 5.74) is 6.59. The van der Waals surface area contributed by atoms with Crippen molar-refractivity contribution in [3.63, 3.8) is 0 Å². The lowest BCUT2D eigenvalue weighted by Crippen LogP contribution is -2.49. The lowest BCUT2D eigenvalue weighted by molar-refractivity contribution is 0.0921. The highest BCUT2D eigenvalue weighted by Gasteiger charge is 2.23. The van der Waals surface area contributed by atoms with Crippen molar-refractivity contribution in [2.75, 3.05) is 0 Å². The molecule has 2 atom stereocenters. The van der Waals surface area contributed by atoms with E-state index < -0.39 is 0 Å². The maximum Gasteiger partial charge on any atom is 0.251 e. The number of benzene rings is 1. The zero-order valence-corrected chi connectivity index (χ0v) is 10.4. The van der Waals surface area contributed by atoms with Gasteiger partial charge in [0.25, 0.3) is 5.91 Å². The van der Waals surface area contributed by atoms with Crippen molar-refractivity contribution in [1.82, 2.24) is 5.32 Å². The van der Waals surface area contributed by atoms with E-state index in [0.29, 0.717) is 10.6 Å². The molecule has 1 aliphatic carbocycles. The molecule has 3 N–H and O–H groups in total. The zero-order chi connectivity index (χ0) is 12.3. The molecule has 3 nitrogen and oxygen atoms in total. The van der Waals surface area contributed by atoms with Crippen LogP contribution in [-0.4, -0.2) is 18.0 Å². The van der Waals surface area contributed by atoms with Crippen LogP contribution in [0.2, 0.25) is 5.02 Å². The van der Waals surface area contributed by atoms with Crippen molar-refractivity contribution in [2.45, 2.75) is 37.8 Å². The lowest BCUT2D eigenvalue weighted by Gasteiger charge is -2.29. The van der Waals surface area contributed by atoms with Crippen LogP contribution in [0.15, 0.2) is 24.3 Å². The number of amides is 1. The fraction of sp³-hybridized carbons (Fsp3) is 0.462. The zero-order valence-electron chi connectivity index (χ0n) is 9.66. The Kier molecular flexibility index (Phi) is 4.02. The molecule has 1 aromatic carbocycles. The number of nitrogens with two attached hydrogens (primary N) is 1. The van der Waals surface area contributed by atoms with Gasteiger partial charge in [0, 0.05) is 22.7 Å². The molecular weight excluding hydrogens is 236 g/mol. The highest BCUT2D eigenvalue weighted by atomic mass is 35.5. The molecule has 4 heteroatoms. The first-order valence-corrected chi connectivity index (χ1v) is 6.36. The third-order valence-electron chi connectivity index (χ3n) is 3.22. The Balaban J connectivity index is 2.01. The van der Waals surface area contributed by atoms with Gasteiger partial charge < -0.3 is 11.1 Å². The number of rotatable bonds is 2. The van der Waals surface area contributed by atoms with E-state index in [4.69, 9.17) is 17.3 Å². The van der Waals surface area contributed by atoms with Crippen molar-refractivity contribution in [3.8, 4) is 0 Å². The number of carbonyl (C=O) groups excluding carboxylic acids is 1. The van der Waals surface area contributed by atoms with Gasteiger partial charge in [-0.3, -0.25) is 4.79 Å². The maximum absolute atomic E-state index is 12.0. The number of carbonyl (C=O) groups is 1. The van der Waals surface area contributed by atoms with Gasteiger partial charge in [0.2, 0.25) is 0 Å². The minimum Gasteiger partial charge on any atom is -0.348 e. The van der Waals surface area contributed by atoms with Crippen LogP contribution < -0.4 is 11.1 Å². The van der Waals surface area contributed by atoms with E-state index in [9.17, 15) is 4.79 Å². The minimum atomic E-state index is -0.0881. The second-order valence-corrected chi connectivity index (χ2v) is 4.98. The molecule has 1 aliphatic rings. The third-order valence-corrected chi connectivity index (χ3v) is 3.46. The van der Waals surface area contributed by atoms with Gasteiger partial charge >= 0.3 is 0 Å². The summed E-state index contributed by atoms with van der Waals surface area (Å²) in [4.78, 5) is 12.0. The number of hydrogen-bond donors (Lipinski definition) is 2. The van der Waals surface area contributed by atoms with Crippen LogP contribution in [-0.2, 0) is 0 Å². The molecule has 17 heavy (non-hydrogen) atoms. The molecule has 1 aromatic rings. The lowest BCUT2D eigenvalue weighted by atomic mass is 9.91. The maximum atomic E-state index is 12.0. The molecule has 0 saturated heterocycles. The average molecular weight is 253 g/mol. The molecule has 1 saturated carbocycles. The summed E-state index contributed by atoms with van der Waals surface area (Å²) in [6, 6.07) is 7.13. The van der Waals surface area contributed by atoms with Crippen LogP contribution in [0.5, 0.6) is 0 Å². The summed E-state index contributed by atoms with van der Waals surface area (Å²) in [6.07, 6.45) is 4.24. The normalized spacial score (nSPS) is 24.4. The molecule has 0 spiro atoms. The second-order valence-electron chi connectivity index (χ2n) is 4.54. The first kappa shape index (κ1) is 12.4. The topological polar surface area (TPSA) is 55.1 Å². The SMILES string of the molecule is NC1CCCCC1NC(=O)c1cccc(Cl)c1. The molecule has 0 aromatic heterocycles. The smallest absolute Gasteiger partial charge is 0.251 e. The van der Waals surface area contributed by atoms with Crippen LogP contribution >= 0.6 is 11.6 Å². The van der Waals surface area contributed by atoms with Crippen LogP contribution in [0.25, 0.3) is 0 Å². The van der Waals surface area contributed by atoms with E-state index in [-0.39, 0.29) is 18.0 Å². The van der Waals surface area contributed by atoms with Crippen LogP contribution in [0, 0.1) is 0 Å². The summed E-state index contributed by atoms with van der Waals surface area (Å²) in [5, 5.41) is 3.56. The first-order chi connectivity index (χ1) is 8.16. The standard InChI is InChI=1S/C13H17ClN2O/c14-10-5-3-4-9(8-10)13(17)16-12-7-2-1-6-11(12)15/h3-5,8,11-12H,1-2,6-7,15H2,(H,16,17). The Labute approximate surface area is 106 Å². The number of hydrogen-bond acceptors (Lipinski definition) is 2. The average Bonchev–Trinajstić information content (AvgIpc) is 2.32. The van der Waals surface area contributed by atoms with E-state index in [1.54, 1.807) is 24.3 Å². The summed E-state index contributed by atoms with van der Waals surface area (Å²) >= 11 is 5.86. The molecule has 0 radical (unpaired) electrons. The molecular formula is C13H17ClN2O. The molecule has 92 valence electrons. The highest BCUT2D eigenvalue weighted by Crippen LogP contribution is 2.18. The Bertz CT molecular complexity index is 408. The molecule has 2 unspecified atom stereocenters. The summed E-state index contributed by atoms with van der Waals surface area (Å²) in [5.74, 6) is -0.0881. The van der Waals surface area contributed by atoms with Crippen LogP contribution in [0.3, 0.4) is 0 Å². The molecule has 1 amide bonds. The van der Waals surface area contributed by atoms with Gasteiger partial charge in [-0.2, -0.15) is 0 Å². The Morgan fingerprint density at radius 3 is 2.82 bits per heavy atom. The van der Waals surface area contributed by atoms with Gasteiger partial charge in [-0.25, -0.2) is 0 Å². The van der Waals surface area contributed by atoms with Gasteiger partial charge in [0.1, 0.15) is 0 Å². The van der Waals surface area contributed by atoms with Crippen molar-refractivity contribution in [2.24, 2.45) is 5.73 Å². The van der Waals surface area contributed by atoms with E-state index >= 15 is 0 Å². The molecule has 1 fully saturated rings. The van der Waals surface area contributed by atoms with E-state index in [2.05, 4.69) is 5.32 Å². The van der Waals surface area contributed by atoms with Gasteiger partial charge in [-0.15, -0.1) is 0 Å². The summed E-state index contributed by atoms with van der Waals surface area (Å²) in [6.45, 7) is 0. The Morgan fingerprint density at radius 1 is 1.35 bits per heavy atom. The molecule has 0 bridgehead atoms. The highest BCUT2D eigenvalue weighted by molar-refractivity contribution is 6.30. The minimum absolute atomic E-state index is 0.0758. The largest absolute Gasteiger partial charge is 0.348 e. The molecule has 2 rings (SSSR count). The summed E-state index contributed by atoms with van der Waals surface area (Å²) < 4.78 is 0. The predicted octanol–water partition coefficient (Wildman–Crippen LogP) is 2.34. The van der Waals surface area contributed by atoms with Crippen molar-refractivity contribution in [1.29, 1.82) is 0 Å². The number of halogens is 1. The third kappa shape index (κ3) is 3.20. The first-order valence-electron chi connectivity index (χ1n) is 5.99. The van der Waals surface area contributed by atoms with E-state index in [1.165, 1.54) is 0 Å². The van der Waals surface area contributed by atoms with Crippen LogP contribution in [0.1, 0.15) is 36.0 Å². The monoisotopic (exact) mass is 252 g/mol. The van der Waals surface area contributed by atoms with Crippen molar-refractivity contribution in [3.05, 3.63) is 34.9 Å². The van der Waals surface area contributed by atoms with Crippen LogP contribution in [0.4, 0.5) is 0 Å². The predicted molar refractivity (Wildman–Crippen MR) is 69.1 cm³/mol. The Morgan fingerprint density at radius 2 is 2.12 bits per heavy atom. The fourth-order valence-corrected chi connectivity index (χ4v) is 2.41. The Hall–Kier alpha value is -1.06. The second kappa shape index (κ2) is 5.52. The van der Waals surface area contributed by atoms with Gasteiger partial charge in [-0.1, -0.05) is 30.5 Å².